The molecule has 1 aliphatic rings. The quantitative estimate of drug-likeness (QED) is 0.504. The van der Waals surface area contributed by atoms with E-state index in [-0.39, 0.29) is 0 Å². The Balaban J connectivity index is 2.36. The number of hydrogen-bond donors (Lipinski definition) is 0. The summed E-state index contributed by atoms with van der Waals surface area (Å²) in [5.74, 6) is 0. The van der Waals surface area contributed by atoms with Gasteiger partial charge >= 0.3 is 0 Å². The second-order valence-corrected chi connectivity index (χ2v) is 4.78. The minimum atomic E-state index is 0.528. The van der Waals surface area contributed by atoms with Crippen LogP contribution in [0.1, 0.15) is 15.1 Å². The number of hydrogen-bond acceptors (Lipinski definition) is 0. The van der Waals surface area contributed by atoms with Crippen molar-refractivity contribution in [1.82, 2.24) is 0 Å². The average Bonchev–Trinajstić information content (AvgIpc) is 2.55. The topological polar surface area (TPSA) is 0 Å². The average molecular weight is 292 g/mol. The van der Waals surface area contributed by atoms with Crippen molar-refractivity contribution in [3.8, 4) is 11.1 Å². The third-order valence-corrected chi connectivity index (χ3v) is 4.10. The van der Waals surface area contributed by atoms with Gasteiger partial charge in [0.15, 0.2) is 0 Å². The fraction of sp³-hybridized carbons (Fsp3) is 0.0769. The lowest BCUT2D eigenvalue weighted by atomic mass is 10.1. The van der Waals surface area contributed by atoms with Crippen molar-refractivity contribution in [3.05, 3.63) is 59.7 Å². The Labute approximate surface area is 97.1 Å². The van der Waals surface area contributed by atoms with Crippen LogP contribution in [0, 0.1) is 0 Å². The van der Waals surface area contributed by atoms with Crippen LogP contribution in [0.3, 0.4) is 0 Å². The molecule has 0 aliphatic heterocycles. The molecule has 1 aliphatic carbocycles. The van der Waals surface area contributed by atoms with Gasteiger partial charge in [0.25, 0.3) is 0 Å². The molecule has 2 aromatic carbocycles. The zero-order valence-electron chi connectivity index (χ0n) is 7.57. The van der Waals surface area contributed by atoms with Gasteiger partial charge in [-0.25, -0.2) is 0 Å². The van der Waals surface area contributed by atoms with Gasteiger partial charge in [0.1, 0.15) is 0 Å². The molecule has 0 fully saturated rings. The molecule has 68 valence electrons. The molecule has 0 aromatic heterocycles. The Morgan fingerprint density at radius 3 is 1.64 bits per heavy atom. The predicted molar refractivity (Wildman–Crippen MR) is 67.7 cm³/mol. The molecule has 0 spiro atoms. The molecule has 0 N–H and O–H groups in total. The van der Waals surface area contributed by atoms with Crippen molar-refractivity contribution in [2.24, 2.45) is 0 Å². The Morgan fingerprint density at radius 1 is 0.714 bits per heavy atom. The van der Waals surface area contributed by atoms with Crippen molar-refractivity contribution in [3.63, 3.8) is 0 Å². The summed E-state index contributed by atoms with van der Waals surface area (Å²) in [5, 5.41) is 0. The van der Waals surface area contributed by atoms with Crippen LogP contribution >= 0.6 is 22.6 Å². The van der Waals surface area contributed by atoms with Crippen LogP contribution < -0.4 is 0 Å². The van der Waals surface area contributed by atoms with E-state index in [9.17, 15) is 0 Å². The van der Waals surface area contributed by atoms with Crippen molar-refractivity contribution in [2.75, 3.05) is 0 Å². The molecule has 0 atom stereocenters. The molecule has 2 aromatic rings. The monoisotopic (exact) mass is 292 g/mol. The van der Waals surface area contributed by atoms with E-state index in [4.69, 9.17) is 0 Å². The molecule has 14 heavy (non-hydrogen) atoms. The number of halogens is 1. The summed E-state index contributed by atoms with van der Waals surface area (Å²) in [5.41, 5.74) is 5.72. The van der Waals surface area contributed by atoms with Crippen LogP contribution in [-0.4, -0.2) is 0 Å². The van der Waals surface area contributed by atoms with Gasteiger partial charge in [0.2, 0.25) is 0 Å². The summed E-state index contributed by atoms with van der Waals surface area (Å²) in [4.78, 5) is 0. The van der Waals surface area contributed by atoms with Gasteiger partial charge in [-0.1, -0.05) is 71.1 Å². The van der Waals surface area contributed by atoms with Crippen molar-refractivity contribution in [2.45, 2.75) is 3.92 Å². The predicted octanol–water partition coefficient (Wildman–Crippen LogP) is 4.19. The van der Waals surface area contributed by atoms with Gasteiger partial charge in [-0.3, -0.25) is 0 Å². The largest absolute Gasteiger partial charge is 0.0721 e. The Morgan fingerprint density at radius 2 is 1.14 bits per heavy atom. The van der Waals surface area contributed by atoms with Crippen molar-refractivity contribution < 1.29 is 0 Å². The smallest absolute Gasteiger partial charge is 0.0620 e. The zero-order chi connectivity index (χ0) is 9.54. The molecule has 0 amide bonds. The van der Waals surface area contributed by atoms with E-state index in [1.54, 1.807) is 0 Å². The molecule has 0 nitrogen and oxygen atoms in total. The van der Waals surface area contributed by atoms with Crippen LogP contribution in [0.15, 0.2) is 48.5 Å². The van der Waals surface area contributed by atoms with Crippen LogP contribution in [0.5, 0.6) is 0 Å². The highest BCUT2D eigenvalue weighted by molar-refractivity contribution is 14.1. The lowest BCUT2D eigenvalue weighted by molar-refractivity contribution is 1.27. The summed E-state index contributed by atoms with van der Waals surface area (Å²) >= 11 is 2.51. The van der Waals surface area contributed by atoms with Gasteiger partial charge in [-0.05, 0) is 22.3 Å². The first-order valence-corrected chi connectivity index (χ1v) is 5.95. The van der Waals surface area contributed by atoms with Crippen LogP contribution in [0.4, 0.5) is 0 Å². The SMILES string of the molecule is IC1c2ccccc2-c2ccccc21. The summed E-state index contributed by atoms with van der Waals surface area (Å²) in [6.07, 6.45) is 0. The van der Waals surface area contributed by atoms with Crippen molar-refractivity contribution in [1.29, 1.82) is 0 Å². The van der Waals surface area contributed by atoms with E-state index in [1.807, 2.05) is 0 Å². The summed E-state index contributed by atoms with van der Waals surface area (Å²) in [6.45, 7) is 0. The normalized spacial score (nSPS) is 13.8. The molecule has 0 heterocycles. The fourth-order valence-electron chi connectivity index (χ4n) is 2.09. The molecule has 3 rings (SSSR count). The summed E-state index contributed by atoms with van der Waals surface area (Å²) < 4.78 is 0.528. The number of fused-ring (bicyclic) bond motifs is 3. The molecule has 0 saturated heterocycles. The standard InChI is InChI=1S/C13H9I/c14-13-11-7-3-1-5-9(11)10-6-2-4-8-12(10)13/h1-8,13H. The maximum absolute atomic E-state index is 2.51. The minimum absolute atomic E-state index is 0.528. The first-order valence-electron chi connectivity index (χ1n) is 4.70. The van der Waals surface area contributed by atoms with E-state index in [2.05, 4.69) is 71.1 Å². The maximum Gasteiger partial charge on any atom is 0.0620 e. The Bertz CT molecular complexity index is 443. The first kappa shape index (κ1) is 8.48. The third-order valence-electron chi connectivity index (χ3n) is 2.76. The Hall–Kier alpha value is -0.830. The number of benzene rings is 2. The van der Waals surface area contributed by atoms with Crippen LogP contribution in [-0.2, 0) is 0 Å². The Kier molecular flexibility index (Phi) is 1.87. The van der Waals surface area contributed by atoms with Gasteiger partial charge in [-0.15, -0.1) is 0 Å². The van der Waals surface area contributed by atoms with E-state index in [0.717, 1.165) is 0 Å². The van der Waals surface area contributed by atoms with Gasteiger partial charge < -0.3 is 0 Å². The lowest BCUT2D eigenvalue weighted by Crippen LogP contribution is -1.83. The van der Waals surface area contributed by atoms with E-state index in [1.165, 1.54) is 22.3 Å². The summed E-state index contributed by atoms with van der Waals surface area (Å²) in [7, 11) is 0. The van der Waals surface area contributed by atoms with Gasteiger partial charge in [-0.2, -0.15) is 0 Å². The van der Waals surface area contributed by atoms with E-state index in [0.29, 0.717) is 3.92 Å². The highest BCUT2D eigenvalue weighted by Gasteiger charge is 2.24. The number of alkyl halides is 1. The van der Waals surface area contributed by atoms with Gasteiger partial charge in [0, 0.05) is 0 Å². The third kappa shape index (κ3) is 1.05. The minimum Gasteiger partial charge on any atom is -0.0721 e. The second kappa shape index (κ2) is 3.09. The highest BCUT2D eigenvalue weighted by atomic mass is 127. The maximum atomic E-state index is 2.51. The molecule has 1 heteroatoms. The number of rotatable bonds is 0. The highest BCUT2D eigenvalue weighted by Crippen LogP contribution is 2.47. The lowest BCUT2D eigenvalue weighted by Gasteiger charge is -2.02. The molecule has 0 bridgehead atoms. The van der Waals surface area contributed by atoms with Gasteiger partial charge in [0.05, 0.1) is 3.92 Å². The summed E-state index contributed by atoms with van der Waals surface area (Å²) in [6, 6.07) is 17.4. The van der Waals surface area contributed by atoms with Crippen molar-refractivity contribution >= 4 is 22.6 Å². The van der Waals surface area contributed by atoms with Crippen LogP contribution in [0.2, 0.25) is 0 Å². The molecule has 0 radical (unpaired) electrons. The molecule has 0 unspecified atom stereocenters. The molecular formula is C13H9I. The van der Waals surface area contributed by atoms with Crippen LogP contribution in [0.25, 0.3) is 11.1 Å². The first-order chi connectivity index (χ1) is 6.88. The second-order valence-electron chi connectivity index (χ2n) is 3.54. The molecular weight excluding hydrogens is 283 g/mol. The molecule has 0 saturated carbocycles. The zero-order valence-corrected chi connectivity index (χ0v) is 9.73. The van der Waals surface area contributed by atoms with E-state index < -0.39 is 0 Å². The fourth-order valence-corrected chi connectivity index (χ4v) is 3.18. The van der Waals surface area contributed by atoms with E-state index >= 15 is 0 Å².